The molecule has 1 amide bonds. The number of rotatable bonds is 10. The van der Waals surface area contributed by atoms with E-state index in [1.54, 1.807) is 23.1 Å². The number of hydrogen-bond acceptors (Lipinski definition) is 5. The highest BCUT2D eigenvalue weighted by Gasteiger charge is 2.30. The first kappa shape index (κ1) is 22.8. The van der Waals surface area contributed by atoms with Crippen LogP contribution < -0.4 is 15.1 Å². The van der Waals surface area contributed by atoms with Gasteiger partial charge in [-0.2, -0.15) is 0 Å². The van der Waals surface area contributed by atoms with Crippen molar-refractivity contribution in [2.24, 2.45) is 0 Å². The lowest BCUT2D eigenvalue weighted by atomic mass is 10.1. The minimum atomic E-state index is -0.966. The summed E-state index contributed by atoms with van der Waals surface area (Å²) in [5, 5.41) is 21.7. The van der Waals surface area contributed by atoms with Gasteiger partial charge in [0.1, 0.15) is 0 Å². The molecule has 0 aliphatic carbocycles. The molecule has 0 radical (unpaired) electrons. The first-order chi connectivity index (χ1) is 15.0. The lowest BCUT2D eigenvalue weighted by Crippen LogP contribution is -2.31. The number of para-hydroxylation sites is 2. The van der Waals surface area contributed by atoms with Gasteiger partial charge in [-0.05, 0) is 49.7 Å². The Hall–Kier alpha value is -2.87. The van der Waals surface area contributed by atoms with E-state index in [9.17, 15) is 14.7 Å². The average molecular weight is 444 g/mol. The number of carbonyl (C=O) groups is 2. The minimum absolute atomic E-state index is 0.00509. The zero-order valence-electron chi connectivity index (χ0n) is 17.1. The Morgan fingerprint density at radius 1 is 1.03 bits per heavy atom. The smallest absolute Gasteiger partial charge is 0.328 e. The molecule has 0 saturated heterocycles. The number of carboxylic acid groups (broad SMARTS) is 1. The minimum Gasteiger partial charge on any atom is -0.478 e. The number of benzene rings is 2. The molecule has 2 aromatic rings. The van der Waals surface area contributed by atoms with Gasteiger partial charge < -0.3 is 25.3 Å². The standard InChI is InChI=1S/C23H26ClN3O4/c24-17-9-10-18-21(16-17)26(13-4-12-25-11-3-8-22(29)30)19-6-1-2-7-20(19)27(23(18)31)14-5-15-28/h1-3,6-10,16,25,28H,4-5,11-15H2,(H,29,30)/b8-3+. The largest absolute Gasteiger partial charge is 0.478 e. The normalized spacial score (nSPS) is 13.3. The number of aliphatic hydroxyl groups excluding tert-OH is 1. The van der Waals surface area contributed by atoms with E-state index in [2.05, 4.69) is 10.2 Å². The Morgan fingerprint density at radius 2 is 1.74 bits per heavy atom. The van der Waals surface area contributed by atoms with Gasteiger partial charge in [0.15, 0.2) is 0 Å². The van der Waals surface area contributed by atoms with Crippen LogP contribution in [0.25, 0.3) is 0 Å². The Kier molecular flexibility index (Phi) is 8.06. The number of carboxylic acids is 1. The van der Waals surface area contributed by atoms with Crippen molar-refractivity contribution in [3.8, 4) is 0 Å². The molecule has 2 aromatic carbocycles. The summed E-state index contributed by atoms with van der Waals surface area (Å²) in [5.41, 5.74) is 3.02. The van der Waals surface area contributed by atoms with Crippen LogP contribution in [0.5, 0.6) is 0 Å². The van der Waals surface area contributed by atoms with Crippen LogP contribution in [0.15, 0.2) is 54.6 Å². The van der Waals surface area contributed by atoms with E-state index in [1.807, 2.05) is 30.3 Å². The van der Waals surface area contributed by atoms with Crippen LogP contribution in [-0.4, -0.2) is 54.9 Å². The SMILES string of the molecule is O=C(O)/C=C/CNCCCN1c2cc(Cl)ccc2C(=O)N(CCCO)c2ccccc21. The van der Waals surface area contributed by atoms with E-state index in [0.717, 1.165) is 29.6 Å². The van der Waals surface area contributed by atoms with Crippen LogP contribution in [0, 0.1) is 0 Å². The van der Waals surface area contributed by atoms with E-state index in [1.165, 1.54) is 0 Å². The quantitative estimate of drug-likeness (QED) is 0.385. The summed E-state index contributed by atoms with van der Waals surface area (Å²) in [6.45, 7) is 2.21. The maximum Gasteiger partial charge on any atom is 0.328 e. The van der Waals surface area contributed by atoms with Crippen molar-refractivity contribution < 1.29 is 19.8 Å². The van der Waals surface area contributed by atoms with Gasteiger partial charge in [0, 0.05) is 37.3 Å². The molecule has 8 heteroatoms. The van der Waals surface area contributed by atoms with E-state index in [-0.39, 0.29) is 12.5 Å². The van der Waals surface area contributed by atoms with Gasteiger partial charge in [-0.25, -0.2) is 4.79 Å². The molecule has 31 heavy (non-hydrogen) atoms. The lowest BCUT2D eigenvalue weighted by molar-refractivity contribution is -0.131. The predicted octanol–water partition coefficient (Wildman–Crippen LogP) is 3.44. The number of fused-ring (bicyclic) bond motifs is 2. The highest BCUT2D eigenvalue weighted by atomic mass is 35.5. The van der Waals surface area contributed by atoms with Gasteiger partial charge in [0.25, 0.3) is 5.91 Å². The lowest BCUT2D eigenvalue weighted by Gasteiger charge is -2.27. The first-order valence-electron chi connectivity index (χ1n) is 10.2. The molecule has 7 nitrogen and oxygen atoms in total. The third-order valence-corrected chi connectivity index (χ3v) is 5.22. The van der Waals surface area contributed by atoms with Crippen LogP contribution in [0.3, 0.4) is 0 Å². The van der Waals surface area contributed by atoms with Crippen molar-refractivity contribution in [1.82, 2.24) is 5.32 Å². The summed E-state index contributed by atoms with van der Waals surface area (Å²) in [6.07, 6.45) is 3.93. The topological polar surface area (TPSA) is 93.1 Å². The molecule has 1 aliphatic rings. The highest BCUT2D eigenvalue weighted by molar-refractivity contribution is 6.31. The Bertz CT molecular complexity index is 964. The van der Waals surface area contributed by atoms with Gasteiger partial charge in [0.2, 0.25) is 0 Å². The second-order valence-corrected chi connectivity index (χ2v) is 7.57. The van der Waals surface area contributed by atoms with E-state index in [0.29, 0.717) is 43.2 Å². The van der Waals surface area contributed by atoms with Crippen LogP contribution >= 0.6 is 11.6 Å². The molecule has 1 aliphatic heterocycles. The molecule has 0 unspecified atom stereocenters. The summed E-state index contributed by atoms with van der Waals surface area (Å²) >= 11 is 6.28. The summed E-state index contributed by atoms with van der Waals surface area (Å²) < 4.78 is 0. The molecular weight excluding hydrogens is 418 g/mol. The monoisotopic (exact) mass is 443 g/mol. The molecule has 0 fully saturated rings. The molecule has 164 valence electrons. The second kappa shape index (κ2) is 10.9. The first-order valence-corrected chi connectivity index (χ1v) is 10.6. The van der Waals surface area contributed by atoms with Crippen molar-refractivity contribution in [3.63, 3.8) is 0 Å². The van der Waals surface area contributed by atoms with Gasteiger partial charge in [-0.15, -0.1) is 0 Å². The number of aliphatic hydroxyl groups is 1. The van der Waals surface area contributed by atoms with Crippen LogP contribution in [0.2, 0.25) is 5.02 Å². The van der Waals surface area contributed by atoms with Crippen molar-refractivity contribution in [2.45, 2.75) is 12.8 Å². The Morgan fingerprint density at radius 3 is 2.45 bits per heavy atom. The van der Waals surface area contributed by atoms with Crippen molar-refractivity contribution in [2.75, 3.05) is 42.6 Å². The molecular formula is C23H26ClN3O4. The molecule has 0 atom stereocenters. The second-order valence-electron chi connectivity index (χ2n) is 7.13. The maximum atomic E-state index is 13.4. The number of nitrogens with one attached hydrogen (secondary N) is 1. The zero-order chi connectivity index (χ0) is 22.2. The zero-order valence-corrected chi connectivity index (χ0v) is 17.9. The molecule has 0 spiro atoms. The van der Waals surface area contributed by atoms with Crippen molar-refractivity contribution in [3.05, 3.63) is 65.2 Å². The maximum absolute atomic E-state index is 13.4. The molecule has 3 N–H and O–H groups in total. The molecule has 0 saturated carbocycles. The van der Waals surface area contributed by atoms with Crippen LogP contribution in [-0.2, 0) is 4.79 Å². The van der Waals surface area contributed by atoms with Gasteiger partial charge >= 0.3 is 5.97 Å². The fourth-order valence-electron chi connectivity index (χ4n) is 3.61. The predicted molar refractivity (Wildman–Crippen MR) is 123 cm³/mol. The number of anilines is 3. The number of hydrogen-bond donors (Lipinski definition) is 3. The third-order valence-electron chi connectivity index (χ3n) is 4.99. The number of aliphatic carboxylic acids is 1. The van der Waals surface area contributed by atoms with Crippen LogP contribution in [0.4, 0.5) is 17.1 Å². The number of halogens is 1. The van der Waals surface area contributed by atoms with Gasteiger partial charge in [0.05, 0.1) is 22.6 Å². The highest BCUT2D eigenvalue weighted by Crippen LogP contribution is 2.41. The Balaban J connectivity index is 1.87. The van der Waals surface area contributed by atoms with Gasteiger partial charge in [-0.1, -0.05) is 29.8 Å². The summed E-state index contributed by atoms with van der Waals surface area (Å²) in [4.78, 5) is 27.7. The molecule has 3 rings (SSSR count). The van der Waals surface area contributed by atoms with Crippen molar-refractivity contribution >= 4 is 40.5 Å². The van der Waals surface area contributed by atoms with Crippen molar-refractivity contribution in [1.29, 1.82) is 0 Å². The average Bonchev–Trinajstić information content (AvgIpc) is 2.84. The summed E-state index contributed by atoms with van der Waals surface area (Å²) in [7, 11) is 0. The summed E-state index contributed by atoms with van der Waals surface area (Å²) in [6, 6.07) is 13.0. The molecule has 0 bridgehead atoms. The number of carbonyl (C=O) groups excluding carboxylic acids is 1. The van der Waals surface area contributed by atoms with E-state index < -0.39 is 5.97 Å². The summed E-state index contributed by atoms with van der Waals surface area (Å²) in [5.74, 6) is -1.08. The van der Waals surface area contributed by atoms with E-state index >= 15 is 0 Å². The molecule has 1 heterocycles. The van der Waals surface area contributed by atoms with Gasteiger partial charge in [-0.3, -0.25) is 4.79 Å². The Labute approximate surface area is 186 Å². The third kappa shape index (κ3) is 5.64. The fourth-order valence-corrected chi connectivity index (χ4v) is 3.78. The van der Waals surface area contributed by atoms with Crippen LogP contribution in [0.1, 0.15) is 23.2 Å². The molecule has 0 aromatic heterocycles. The van der Waals surface area contributed by atoms with E-state index in [4.69, 9.17) is 16.7 Å². The fraction of sp³-hybridized carbons (Fsp3) is 0.304. The number of nitrogens with zero attached hydrogens (tertiary/aromatic N) is 2. The number of amides is 1.